The van der Waals surface area contributed by atoms with Crippen LogP contribution in [-0.2, 0) is 33.4 Å². The first-order valence-corrected chi connectivity index (χ1v) is 14.6. The number of thioether (sulfide) groups is 2. The SMILES string of the molecule is COC(=O)CCCSCCN1C(=O)CC[C@@H]1C=O.COC(=O)CCCSCCN1C(=O)CC[C@@H]1CO. The molecule has 2 aliphatic rings. The number of nitrogens with zero attached hydrogens (tertiary/aromatic N) is 2. The molecule has 0 aromatic carbocycles. The Morgan fingerprint density at radius 3 is 1.89 bits per heavy atom. The number of ether oxygens (including phenoxy) is 2. The van der Waals surface area contributed by atoms with E-state index in [1.54, 1.807) is 33.3 Å². The minimum absolute atomic E-state index is 0.00756. The average molecular weight is 549 g/mol. The Morgan fingerprint density at radius 1 is 0.889 bits per heavy atom. The molecule has 0 saturated carbocycles. The van der Waals surface area contributed by atoms with Crippen molar-refractivity contribution in [1.82, 2.24) is 9.80 Å². The van der Waals surface area contributed by atoms with Crippen LogP contribution >= 0.6 is 23.5 Å². The average Bonchev–Trinajstić information content (AvgIpc) is 3.44. The molecule has 0 unspecified atom stereocenters. The minimum atomic E-state index is -0.229. The molecule has 2 aliphatic heterocycles. The lowest BCUT2D eigenvalue weighted by Crippen LogP contribution is -2.37. The van der Waals surface area contributed by atoms with Crippen LogP contribution < -0.4 is 0 Å². The number of esters is 2. The van der Waals surface area contributed by atoms with E-state index in [1.165, 1.54) is 14.2 Å². The van der Waals surface area contributed by atoms with Crippen LogP contribution in [0.2, 0.25) is 0 Å². The lowest BCUT2D eigenvalue weighted by atomic mass is 10.2. The van der Waals surface area contributed by atoms with Crippen molar-refractivity contribution in [3.05, 3.63) is 0 Å². The number of hydrogen-bond acceptors (Lipinski definition) is 10. The van der Waals surface area contributed by atoms with E-state index in [4.69, 9.17) is 5.11 Å². The molecule has 10 nitrogen and oxygen atoms in total. The largest absolute Gasteiger partial charge is 0.469 e. The second-order valence-electron chi connectivity index (χ2n) is 8.38. The zero-order chi connectivity index (χ0) is 26.8. The number of hydrogen-bond donors (Lipinski definition) is 1. The van der Waals surface area contributed by atoms with E-state index >= 15 is 0 Å². The van der Waals surface area contributed by atoms with Gasteiger partial charge in [0.2, 0.25) is 11.8 Å². The topological polar surface area (TPSA) is 131 Å². The van der Waals surface area contributed by atoms with E-state index < -0.39 is 0 Å². The molecule has 2 rings (SSSR count). The highest BCUT2D eigenvalue weighted by atomic mass is 32.2. The number of aliphatic hydroxyl groups excluding tert-OH is 1. The van der Waals surface area contributed by atoms with Crippen molar-refractivity contribution in [3.8, 4) is 0 Å². The van der Waals surface area contributed by atoms with Gasteiger partial charge in [0.1, 0.15) is 6.29 Å². The summed E-state index contributed by atoms with van der Waals surface area (Å²) in [5, 5.41) is 9.13. The van der Waals surface area contributed by atoms with Gasteiger partial charge < -0.3 is 29.2 Å². The van der Waals surface area contributed by atoms with E-state index in [2.05, 4.69) is 9.47 Å². The van der Waals surface area contributed by atoms with E-state index in [-0.39, 0.29) is 42.4 Å². The van der Waals surface area contributed by atoms with Crippen molar-refractivity contribution in [2.75, 3.05) is 56.9 Å². The third kappa shape index (κ3) is 12.4. The second kappa shape index (κ2) is 19.3. The summed E-state index contributed by atoms with van der Waals surface area (Å²) >= 11 is 3.41. The van der Waals surface area contributed by atoms with Crippen LogP contribution in [0.3, 0.4) is 0 Å². The van der Waals surface area contributed by atoms with Crippen LogP contribution in [0.5, 0.6) is 0 Å². The van der Waals surface area contributed by atoms with Crippen LogP contribution in [-0.4, -0.2) is 114 Å². The number of methoxy groups -OCH3 is 2. The van der Waals surface area contributed by atoms with E-state index in [0.717, 1.165) is 48.6 Å². The number of likely N-dealkylation sites (tertiary alicyclic amines) is 2. The lowest BCUT2D eigenvalue weighted by Gasteiger charge is -2.22. The Balaban J connectivity index is 0.000000360. The molecule has 0 aromatic heterocycles. The number of rotatable bonds is 16. The summed E-state index contributed by atoms with van der Waals surface area (Å²) in [5.74, 6) is 3.26. The Kier molecular flexibility index (Phi) is 17.3. The van der Waals surface area contributed by atoms with E-state index in [1.807, 2.05) is 0 Å². The summed E-state index contributed by atoms with van der Waals surface area (Å²) in [5.41, 5.74) is 0. The quantitative estimate of drug-likeness (QED) is 0.172. The third-order valence-corrected chi connectivity index (χ3v) is 8.04. The predicted molar refractivity (Wildman–Crippen MR) is 140 cm³/mol. The van der Waals surface area contributed by atoms with Gasteiger partial charge in [-0.05, 0) is 37.2 Å². The highest BCUT2D eigenvalue weighted by Gasteiger charge is 2.30. The molecule has 0 bridgehead atoms. The Labute approximate surface area is 222 Å². The fourth-order valence-corrected chi connectivity index (χ4v) is 5.61. The molecule has 0 aromatic rings. The van der Waals surface area contributed by atoms with Crippen molar-refractivity contribution >= 4 is 53.6 Å². The van der Waals surface area contributed by atoms with Gasteiger partial charge in [-0.1, -0.05) is 0 Å². The number of carbonyl (C=O) groups excluding carboxylic acids is 5. The molecular formula is C24H40N2O8S2. The maximum absolute atomic E-state index is 11.5. The molecule has 0 aliphatic carbocycles. The third-order valence-electron chi connectivity index (χ3n) is 5.94. The lowest BCUT2D eigenvalue weighted by molar-refractivity contribution is -0.141. The first kappa shape index (κ1) is 32.2. The first-order chi connectivity index (χ1) is 17.4. The first-order valence-electron chi connectivity index (χ1n) is 12.3. The summed E-state index contributed by atoms with van der Waals surface area (Å²) in [4.78, 5) is 58.9. The molecule has 2 fully saturated rings. The van der Waals surface area contributed by atoms with Crippen LogP contribution in [0, 0.1) is 0 Å². The number of aldehydes is 1. The van der Waals surface area contributed by atoms with Crippen LogP contribution in [0.25, 0.3) is 0 Å². The normalized spacial score (nSPS) is 19.2. The number of aliphatic hydroxyl groups is 1. The van der Waals surface area contributed by atoms with Crippen molar-refractivity contribution in [1.29, 1.82) is 0 Å². The highest BCUT2D eigenvalue weighted by Crippen LogP contribution is 2.19. The summed E-state index contributed by atoms with van der Waals surface area (Å²) in [6.45, 7) is 1.36. The maximum Gasteiger partial charge on any atom is 0.305 e. The molecule has 2 atom stereocenters. The van der Waals surface area contributed by atoms with Gasteiger partial charge in [-0.3, -0.25) is 19.2 Å². The van der Waals surface area contributed by atoms with Gasteiger partial charge in [-0.2, -0.15) is 23.5 Å². The minimum Gasteiger partial charge on any atom is -0.469 e. The zero-order valence-electron chi connectivity index (χ0n) is 21.4. The summed E-state index contributed by atoms with van der Waals surface area (Å²) in [7, 11) is 2.78. The van der Waals surface area contributed by atoms with Crippen LogP contribution in [0.4, 0.5) is 0 Å². The van der Waals surface area contributed by atoms with Crippen molar-refractivity contribution in [2.45, 2.75) is 63.5 Å². The van der Waals surface area contributed by atoms with Crippen LogP contribution in [0.15, 0.2) is 0 Å². The van der Waals surface area contributed by atoms with Crippen LogP contribution in [0.1, 0.15) is 51.4 Å². The fourth-order valence-electron chi connectivity index (χ4n) is 3.85. The van der Waals surface area contributed by atoms with Gasteiger partial charge in [0, 0.05) is 50.3 Å². The molecule has 1 N–H and O–H groups in total. The molecule has 0 radical (unpaired) electrons. The van der Waals surface area contributed by atoms with Gasteiger partial charge in [0.05, 0.1) is 32.9 Å². The van der Waals surface area contributed by atoms with Crippen molar-refractivity contribution in [3.63, 3.8) is 0 Å². The number of carbonyl (C=O) groups is 5. The zero-order valence-corrected chi connectivity index (χ0v) is 23.0. The maximum atomic E-state index is 11.5. The Morgan fingerprint density at radius 2 is 1.39 bits per heavy atom. The van der Waals surface area contributed by atoms with Gasteiger partial charge in [-0.15, -0.1) is 0 Å². The van der Waals surface area contributed by atoms with Crippen molar-refractivity contribution in [2.24, 2.45) is 0 Å². The molecule has 2 amide bonds. The van der Waals surface area contributed by atoms with E-state index in [0.29, 0.717) is 45.2 Å². The highest BCUT2D eigenvalue weighted by molar-refractivity contribution is 7.99. The second-order valence-corrected chi connectivity index (χ2v) is 10.8. The molecular weight excluding hydrogens is 508 g/mol. The Bertz CT molecular complexity index is 710. The molecule has 12 heteroatoms. The molecule has 2 heterocycles. The summed E-state index contributed by atoms with van der Waals surface area (Å²) < 4.78 is 9.09. The van der Waals surface area contributed by atoms with Gasteiger partial charge >= 0.3 is 11.9 Å². The molecule has 0 spiro atoms. The Hall–Kier alpha value is -1.79. The molecule has 2 saturated heterocycles. The number of amides is 2. The summed E-state index contributed by atoms with van der Waals surface area (Å²) in [6, 6.07) is -0.221. The summed E-state index contributed by atoms with van der Waals surface area (Å²) in [6.07, 6.45) is 5.77. The monoisotopic (exact) mass is 548 g/mol. The van der Waals surface area contributed by atoms with Gasteiger partial charge in [-0.25, -0.2) is 0 Å². The standard InChI is InChI=1S/C12H21NO4S.C12H19NO4S/c2*1-17-12(16)3-2-7-18-8-6-13-10(9-14)4-5-11(13)15/h10,14H,2-9H2,1H3;9-10H,2-8H2,1H3/t2*10-/m11/s1. The van der Waals surface area contributed by atoms with Gasteiger partial charge in [0.25, 0.3) is 0 Å². The smallest absolute Gasteiger partial charge is 0.305 e. The van der Waals surface area contributed by atoms with Gasteiger partial charge in [0.15, 0.2) is 0 Å². The predicted octanol–water partition coefficient (Wildman–Crippen LogP) is 1.52. The fraction of sp³-hybridized carbons (Fsp3) is 0.792. The van der Waals surface area contributed by atoms with E-state index in [9.17, 15) is 24.0 Å². The van der Waals surface area contributed by atoms with Crippen molar-refractivity contribution < 1.29 is 38.6 Å². The molecule has 36 heavy (non-hydrogen) atoms. The molecule has 206 valence electrons.